The van der Waals surface area contributed by atoms with Gasteiger partial charge in [0.15, 0.2) is 0 Å². The van der Waals surface area contributed by atoms with E-state index in [0.29, 0.717) is 0 Å². The van der Waals surface area contributed by atoms with Crippen LogP contribution in [0, 0.1) is 10.1 Å². The van der Waals surface area contributed by atoms with E-state index in [9.17, 15) is 10.1 Å². The van der Waals surface area contributed by atoms with Crippen LogP contribution in [0.4, 0.5) is 5.69 Å². The summed E-state index contributed by atoms with van der Waals surface area (Å²) in [4.78, 5) is 10.2. The monoisotopic (exact) mass is 269 g/mol. The van der Waals surface area contributed by atoms with Crippen molar-refractivity contribution < 1.29 is 4.92 Å². The molecule has 0 saturated heterocycles. The maximum Gasteiger partial charge on any atom is 0.269 e. The van der Waals surface area contributed by atoms with Crippen LogP contribution >= 0.6 is 0 Å². The zero-order chi connectivity index (χ0) is 14.5. The Balaban J connectivity index is 2.14. The molecule has 0 radical (unpaired) electrons. The minimum absolute atomic E-state index is 0.0726. The lowest BCUT2D eigenvalue weighted by molar-refractivity contribution is -0.384. The van der Waals surface area contributed by atoms with Gasteiger partial charge < -0.3 is 0 Å². The Morgan fingerprint density at radius 1 is 1.15 bits per heavy atom. The largest absolute Gasteiger partial charge is 0.269 e. The summed E-state index contributed by atoms with van der Waals surface area (Å²) >= 11 is 0. The smallest absolute Gasteiger partial charge is 0.258 e. The van der Waals surface area contributed by atoms with E-state index in [4.69, 9.17) is 0 Å². The van der Waals surface area contributed by atoms with Crippen molar-refractivity contribution in [3.63, 3.8) is 0 Å². The summed E-state index contributed by atoms with van der Waals surface area (Å²) < 4.78 is 0. The van der Waals surface area contributed by atoms with Gasteiger partial charge in [0.1, 0.15) is 0 Å². The van der Waals surface area contributed by atoms with Crippen LogP contribution in [-0.4, -0.2) is 16.3 Å². The van der Waals surface area contributed by atoms with E-state index in [1.165, 1.54) is 12.1 Å². The van der Waals surface area contributed by atoms with Crippen molar-refractivity contribution in [1.29, 1.82) is 0 Å². The first kappa shape index (κ1) is 13.9. The second-order valence-corrected chi connectivity index (χ2v) is 4.50. The first-order chi connectivity index (χ1) is 9.58. The molecular weight excluding hydrogens is 254 g/mol. The first-order valence-corrected chi connectivity index (χ1v) is 6.27. The average Bonchev–Trinajstić information content (AvgIpc) is 2.98. The highest BCUT2D eigenvalue weighted by atomic mass is 16.6. The van der Waals surface area contributed by atoms with Gasteiger partial charge in [-0.25, -0.2) is 0 Å². The molecule has 0 N–H and O–H groups in total. The van der Waals surface area contributed by atoms with E-state index in [-0.39, 0.29) is 5.69 Å². The maximum atomic E-state index is 10.6. The number of rotatable bonds is 4. The number of benzene rings is 1. The van der Waals surface area contributed by atoms with E-state index in [1.807, 2.05) is 26.0 Å². The standard InChI is InChI=1S/C15H15N3O2/c1-11(13-5-3-4-6-13)16-17-12(2)14-7-9-15(10-8-14)18(19)20/h3-5,7-10H,6H2,1-2H3/b16-11+,17-12+. The number of hydrogen-bond donors (Lipinski definition) is 0. The second-order valence-electron chi connectivity index (χ2n) is 4.50. The summed E-state index contributed by atoms with van der Waals surface area (Å²) in [7, 11) is 0. The van der Waals surface area contributed by atoms with Crippen molar-refractivity contribution >= 4 is 17.1 Å². The summed E-state index contributed by atoms with van der Waals surface area (Å²) in [6.45, 7) is 3.75. The maximum absolute atomic E-state index is 10.6. The van der Waals surface area contributed by atoms with E-state index in [0.717, 1.165) is 29.0 Å². The van der Waals surface area contributed by atoms with Crippen molar-refractivity contribution in [3.8, 4) is 0 Å². The molecule has 0 unspecified atom stereocenters. The third-order valence-corrected chi connectivity index (χ3v) is 3.08. The van der Waals surface area contributed by atoms with Crippen LogP contribution in [0.3, 0.4) is 0 Å². The summed E-state index contributed by atoms with van der Waals surface area (Å²) in [5, 5.41) is 19.0. The number of hydrogen-bond acceptors (Lipinski definition) is 4. The molecule has 0 aliphatic heterocycles. The fourth-order valence-electron chi connectivity index (χ4n) is 1.81. The summed E-state index contributed by atoms with van der Waals surface area (Å²) in [6, 6.07) is 6.29. The molecule has 1 aliphatic rings. The van der Waals surface area contributed by atoms with Gasteiger partial charge in [0.25, 0.3) is 5.69 Å². The van der Waals surface area contributed by atoms with Gasteiger partial charge >= 0.3 is 0 Å². The summed E-state index contributed by atoms with van der Waals surface area (Å²) in [5.74, 6) is 0. The van der Waals surface area contributed by atoms with Crippen molar-refractivity contribution in [1.82, 2.24) is 0 Å². The molecule has 2 rings (SSSR count). The quantitative estimate of drug-likeness (QED) is 0.475. The third-order valence-electron chi connectivity index (χ3n) is 3.08. The number of nitro benzene ring substituents is 1. The van der Waals surface area contributed by atoms with Gasteiger partial charge in [-0.05, 0) is 43.5 Å². The number of non-ortho nitro benzene ring substituents is 1. The highest BCUT2D eigenvalue weighted by Crippen LogP contribution is 2.14. The van der Waals surface area contributed by atoms with Gasteiger partial charge in [0, 0.05) is 12.1 Å². The normalized spacial score (nSPS) is 15.4. The Kier molecular flexibility index (Phi) is 4.20. The van der Waals surface area contributed by atoms with Crippen LogP contribution in [-0.2, 0) is 0 Å². The zero-order valence-electron chi connectivity index (χ0n) is 11.4. The second kappa shape index (κ2) is 6.06. The molecule has 0 atom stereocenters. The van der Waals surface area contributed by atoms with Crippen LogP contribution in [0.1, 0.15) is 25.8 Å². The fourth-order valence-corrected chi connectivity index (χ4v) is 1.81. The lowest BCUT2D eigenvalue weighted by Crippen LogP contribution is -1.97. The molecule has 1 aromatic rings. The Morgan fingerprint density at radius 3 is 2.35 bits per heavy atom. The van der Waals surface area contributed by atoms with Gasteiger partial charge in [-0.2, -0.15) is 10.2 Å². The van der Waals surface area contributed by atoms with E-state index in [2.05, 4.69) is 16.3 Å². The number of nitro groups is 1. The van der Waals surface area contributed by atoms with Gasteiger partial charge in [0.2, 0.25) is 0 Å². The van der Waals surface area contributed by atoms with Crippen LogP contribution in [0.15, 0.2) is 58.3 Å². The van der Waals surface area contributed by atoms with Crippen molar-refractivity contribution in [3.05, 3.63) is 63.7 Å². The summed E-state index contributed by atoms with van der Waals surface area (Å²) in [5.41, 5.74) is 3.67. The first-order valence-electron chi connectivity index (χ1n) is 6.27. The highest BCUT2D eigenvalue weighted by molar-refractivity contribution is 6.02. The molecule has 0 bridgehead atoms. The van der Waals surface area contributed by atoms with Crippen LogP contribution < -0.4 is 0 Å². The molecule has 0 spiro atoms. The molecular formula is C15H15N3O2. The topological polar surface area (TPSA) is 67.9 Å². The highest BCUT2D eigenvalue weighted by Gasteiger charge is 2.06. The van der Waals surface area contributed by atoms with E-state index >= 15 is 0 Å². The Morgan fingerprint density at radius 2 is 1.80 bits per heavy atom. The molecule has 0 amide bonds. The Labute approximate surface area is 117 Å². The van der Waals surface area contributed by atoms with E-state index < -0.39 is 4.92 Å². The molecule has 0 aromatic heterocycles. The molecule has 1 aliphatic carbocycles. The number of allylic oxidation sites excluding steroid dienone is 4. The molecule has 5 heteroatoms. The molecule has 20 heavy (non-hydrogen) atoms. The van der Waals surface area contributed by atoms with Crippen molar-refractivity contribution in [2.24, 2.45) is 10.2 Å². The predicted octanol–water partition coefficient (Wildman–Crippen LogP) is 3.67. The fraction of sp³-hybridized carbons (Fsp3) is 0.200. The number of nitrogens with zero attached hydrogens (tertiary/aromatic N) is 3. The Bertz CT molecular complexity index is 638. The summed E-state index contributed by atoms with van der Waals surface area (Å²) in [6.07, 6.45) is 6.99. The van der Waals surface area contributed by atoms with Crippen LogP contribution in [0.2, 0.25) is 0 Å². The molecule has 5 nitrogen and oxygen atoms in total. The molecule has 0 fully saturated rings. The van der Waals surface area contributed by atoms with Gasteiger partial charge in [-0.1, -0.05) is 18.2 Å². The van der Waals surface area contributed by atoms with Gasteiger partial charge in [-0.3, -0.25) is 10.1 Å². The molecule has 0 heterocycles. The van der Waals surface area contributed by atoms with Crippen LogP contribution in [0.5, 0.6) is 0 Å². The lowest BCUT2D eigenvalue weighted by Gasteiger charge is -2.00. The SMILES string of the molecule is C/C(=N\N=C(/C)c1ccc([N+](=O)[O-])cc1)C1=CC=CC1. The average molecular weight is 269 g/mol. The minimum Gasteiger partial charge on any atom is -0.258 e. The molecule has 102 valence electrons. The lowest BCUT2D eigenvalue weighted by atomic mass is 10.1. The van der Waals surface area contributed by atoms with Crippen LogP contribution in [0.25, 0.3) is 0 Å². The van der Waals surface area contributed by atoms with Gasteiger partial charge in [-0.15, -0.1) is 0 Å². The van der Waals surface area contributed by atoms with Crippen molar-refractivity contribution in [2.75, 3.05) is 0 Å². The van der Waals surface area contributed by atoms with Gasteiger partial charge in [0.05, 0.1) is 16.3 Å². The third kappa shape index (κ3) is 3.26. The Hall–Kier alpha value is -2.56. The molecule has 0 saturated carbocycles. The molecule has 1 aromatic carbocycles. The van der Waals surface area contributed by atoms with Crippen molar-refractivity contribution in [2.45, 2.75) is 20.3 Å². The minimum atomic E-state index is -0.419. The predicted molar refractivity (Wildman–Crippen MR) is 80.3 cm³/mol. The zero-order valence-corrected chi connectivity index (χ0v) is 11.4. The van der Waals surface area contributed by atoms with E-state index in [1.54, 1.807) is 12.1 Å².